The van der Waals surface area contributed by atoms with Crippen LogP contribution in [-0.4, -0.2) is 26.8 Å². The third-order valence-electron chi connectivity index (χ3n) is 3.28. The van der Waals surface area contributed by atoms with Gasteiger partial charge in [0.15, 0.2) is 0 Å². The third kappa shape index (κ3) is 4.72. The minimum Gasteiger partial charge on any atom is -0.314 e. The summed E-state index contributed by atoms with van der Waals surface area (Å²) in [6, 6.07) is 2.81. The van der Waals surface area contributed by atoms with E-state index < -0.39 is 21.7 Å². The van der Waals surface area contributed by atoms with Gasteiger partial charge < -0.3 is 5.32 Å². The van der Waals surface area contributed by atoms with Crippen molar-refractivity contribution in [3.8, 4) is 0 Å². The van der Waals surface area contributed by atoms with Gasteiger partial charge in [-0.05, 0) is 37.9 Å². The van der Waals surface area contributed by atoms with Crippen molar-refractivity contribution >= 4 is 15.7 Å². The van der Waals surface area contributed by atoms with Crippen molar-refractivity contribution in [2.75, 3.05) is 17.0 Å². The van der Waals surface area contributed by atoms with Crippen molar-refractivity contribution in [1.82, 2.24) is 5.32 Å². The molecule has 0 aromatic heterocycles. The van der Waals surface area contributed by atoms with E-state index in [2.05, 4.69) is 10.0 Å². The summed E-state index contributed by atoms with van der Waals surface area (Å²) in [6.45, 7) is 0.910. The number of anilines is 1. The zero-order chi connectivity index (χ0) is 14.6. The van der Waals surface area contributed by atoms with Gasteiger partial charge in [-0.25, -0.2) is 17.2 Å². The van der Waals surface area contributed by atoms with Crippen LogP contribution in [0.4, 0.5) is 14.5 Å². The summed E-state index contributed by atoms with van der Waals surface area (Å²) in [5.41, 5.74) is -0.0842. The molecule has 112 valence electrons. The fraction of sp³-hybridized carbons (Fsp3) is 0.538. The van der Waals surface area contributed by atoms with E-state index in [4.69, 9.17) is 0 Å². The Morgan fingerprint density at radius 3 is 2.50 bits per heavy atom. The lowest BCUT2D eigenvalue weighted by molar-refractivity contribution is 0.393. The first kappa shape index (κ1) is 15.2. The van der Waals surface area contributed by atoms with Crippen LogP contribution in [0.2, 0.25) is 0 Å². The van der Waals surface area contributed by atoms with Gasteiger partial charge in [0.1, 0.15) is 11.6 Å². The highest BCUT2D eigenvalue weighted by Gasteiger charge is 2.17. The lowest BCUT2D eigenvalue weighted by Crippen LogP contribution is -2.36. The highest BCUT2D eigenvalue weighted by molar-refractivity contribution is 7.92. The van der Waals surface area contributed by atoms with Gasteiger partial charge in [0.25, 0.3) is 0 Å². The maximum absolute atomic E-state index is 13.0. The Kier molecular flexibility index (Phi) is 4.93. The molecule has 1 fully saturated rings. The van der Waals surface area contributed by atoms with E-state index in [0.717, 1.165) is 37.9 Å². The predicted octanol–water partition coefficient (Wildman–Crippen LogP) is 2.24. The maximum atomic E-state index is 13.0. The molecule has 1 aromatic carbocycles. The van der Waals surface area contributed by atoms with Crippen LogP contribution in [-0.2, 0) is 10.0 Å². The molecule has 0 aliphatic carbocycles. The molecule has 1 heterocycles. The number of hydrogen-bond acceptors (Lipinski definition) is 3. The summed E-state index contributed by atoms with van der Waals surface area (Å²) in [6.07, 6.45) is 3.67. The Hall–Kier alpha value is -1.21. The first-order chi connectivity index (χ1) is 9.44. The van der Waals surface area contributed by atoms with Crippen LogP contribution in [0.5, 0.6) is 0 Å². The number of nitrogens with one attached hydrogen (secondary N) is 2. The van der Waals surface area contributed by atoms with Gasteiger partial charge in [-0.2, -0.15) is 0 Å². The molecule has 0 saturated carbocycles. The number of benzene rings is 1. The second kappa shape index (κ2) is 6.49. The van der Waals surface area contributed by atoms with Gasteiger partial charge >= 0.3 is 0 Å². The van der Waals surface area contributed by atoms with E-state index in [-0.39, 0.29) is 17.5 Å². The molecule has 0 spiro atoms. The molecule has 1 aromatic rings. The van der Waals surface area contributed by atoms with Crippen molar-refractivity contribution in [3.63, 3.8) is 0 Å². The molecule has 0 radical (unpaired) electrons. The van der Waals surface area contributed by atoms with Gasteiger partial charge in [0, 0.05) is 12.1 Å². The number of sulfonamides is 1. The second-order valence-electron chi connectivity index (χ2n) is 5.01. The smallest absolute Gasteiger partial charge is 0.232 e. The standard InChI is InChI=1S/C13H18F2N2O2S/c14-10-7-11(15)9-13(8-10)17-20(18,19)6-4-12-3-1-2-5-16-12/h7-9,12,16-17H,1-6H2. The summed E-state index contributed by atoms with van der Waals surface area (Å²) in [4.78, 5) is 0. The zero-order valence-electron chi connectivity index (χ0n) is 11.0. The fourth-order valence-corrected chi connectivity index (χ4v) is 3.48. The number of piperidine rings is 1. The Balaban J connectivity index is 1.92. The Bertz CT molecular complexity index is 537. The van der Waals surface area contributed by atoms with E-state index in [1.807, 2.05) is 0 Å². The van der Waals surface area contributed by atoms with Crippen molar-refractivity contribution in [2.45, 2.75) is 31.7 Å². The predicted molar refractivity (Wildman–Crippen MR) is 74.0 cm³/mol. The van der Waals surface area contributed by atoms with Crippen LogP contribution >= 0.6 is 0 Å². The minimum atomic E-state index is -3.59. The largest absolute Gasteiger partial charge is 0.314 e. The van der Waals surface area contributed by atoms with Crippen LogP contribution in [0.15, 0.2) is 18.2 Å². The second-order valence-corrected chi connectivity index (χ2v) is 6.86. The van der Waals surface area contributed by atoms with Gasteiger partial charge in [-0.1, -0.05) is 6.42 Å². The van der Waals surface area contributed by atoms with Crippen molar-refractivity contribution in [3.05, 3.63) is 29.8 Å². The molecule has 1 aliphatic rings. The molecule has 4 nitrogen and oxygen atoms in total. The van der Waals surface area contributed by atoms with Gasteiger partial charge in [0.2, 0.25) is 10.0 Å². The average molecular weight is 304 g/mol. The van der Waals surface area contributed by atoms with Crippen molar-refractivity contribution < 1.29 is 17.2 Å². The highest BCUT2D eigenvalue weighted by Crippen LogP contribution is 2.16. The number of hydrogen-bond donors (Lipinski definition) is 2. The normalized spacial score (nSPS) is 19.8. The molecule has 1 atom stereocenters. The summed E-state index contributed by atoms with van der Waals surface area (Å²) in [5, 5.41) is 3.26. The van der Waals surface area contributed by atoms with E-state index >= 15 is 0 Å². The van der Waals surface area contributed by atoms with Gasteiger partial charge in [-0.15, -0.1) is 0 Å². The van der Waals surface area contributed by atoms with Crippen LogP contribution in [0.3, 0.4) is 0 Å². The third-order valence-corrected chi connectivity index (χ3v) is 4.60. The van der Waals surface area contributed by atoms with Crippen molar-refractivity contribution in [2.24, 2.45) is 0 Å². The Morgan fingerprint density at radius 1 is 1.20 bits per heavy atom. The fourth-order valence-electron chi connectivity index (χ4n) is 2.31. The lowest BCUT2D eigenvalue weighted by atomic mass is 10.0. The van der Waals surface area contributed by atoms with Crippen LogP contribution in [0.1, 0.15) is 25.7 Å². The average Bonchev–Trinajstić information content (AvgIpc) is 2.36. The lowest BCUT2D eigenvalue weighted by Gasteiger charge is -2.23. The summed E-state index contributed by atoms with van der Waals surface area (Å²) < 4.78 is 52.0. The quantitative estimate of drug-likeness (QED) is 0.877. The topological polar surface area (TPSA) is 58.2 Å². The molecular weight excluding hydrogens is 286 g/mol. The SMILES string of the molecule is O=S(=O)(CCC1CCCCN1)Nc1cc(F)cc(F)c1. The highest BCUT2D eigenvalue weighted by atomic mass is 32.2. The van der Waals surface area contributed by atoms with Gasteiger partial charge in [-0.3, -0.25) is 4.72 Å². The molecular formula is C13H18F2N2O2S. The number of halogens is 2. The van der Waals surface area contributed by atoms with Crippen LogP contribution in [0, 0.1) is 11.6 Å². The molecule has 2 N–H and O–H groups in total. The minimum absolute atomic E-state index is 0.0667. The Morgan fingerprint density at radius 2 is 1.90 bits per heavy atom. The number of rotatable bonds is 5. The molecule has 0 amide bonds. The molecule has 7 heteroatoms. The van der Waals surface area contributed by atoms with E-state index in [1.54, 1.807) is 0 Å². The van der Waals surface area contributed by atoms with Crippen LogP contribution < -0.4 is 10.0 Å². The first-order valence-electron chi connectivity index (χ1n) is 6.64. The summed E-state index contributed by atoms with van der Waals surface area (Å²) in [7, 11) is -3.59. The van der Waals surface area contributed by atoms with Crippen LogP contribution in [0.25, 0.3) is 0 Å². The maximum Gasteiger partial charge on any atom is 0.232 e. The molecule has 2 rings (SSSR count). The van der Waals surface area contributed by atoms with E-state index in [0.29, 0.717) is 12.5 Å². The monoisotopic (exact) mass is 304 g/mol. The molecule has 20 heavy (non-hydrogen) atoms. The van der Waals surface area contributed by atoms with E-state index in [9.17, 15) is 17.2 Å². The molecule has 0 bridgehead atoms. The summed E-state index contributed by atoms with van der Waals surface area (Å²) in [5.74, 6) is -1.68. The van der Waals surface area contributed by atoms with Gasteiger partial charge in [0.05, 0.1) is 11.4 Å². The molecule has 1 aliphatic heterocycles. The van der Waals surface area contributed by atoms with E-state index in [1.165, 1.54) is 0 Å². The summed E-state index contributed by atoms with van der Waals surface area (Å²) >= 11 is 0. The zero-order valence-corrected chi connectivity index (χ0v) is 11.8. The first-order valence-corrected chi connectivity index (χ1v) is 8.30. The van der Waals surface area contributed by atoms with Crippen molar-refractivity contribution in [1.29, 1.82) is 0 Å². The molecule has 1 unspecified atom stereocenters. The Labute approximate surface area is 117 Å². The molecule has 1 saturated heterocycles.